The lowest BCUT2D eigenvalue weighted by Gasteiger charge is -2.11. The molecule has 0 bridgehead atoms. The topological polar surface area (TPSA) is 75.6 Å². The van der Waals surface area contributed by atoms with E-state index in [1.54, 1.807) is 56.7 Å². The predicted octanol–water partition coefficient (Wildman–Crippen LogP) is 3.85. The largest absolute Gasteiger partial charge is 0.497 e. The minimum Gasteiger partial charge on any atom is -0.497 e. The van der Waals surface area contributed by atoms with Crippen molar-refractivity contribution < 1.29 is 28.5 Å². The van der Waals surface area contributed by atoms with Crippen molar-refractivity contribution in [3.63, 3.8) is 0 Å². The van der Waals surface area contributed by atoms with Crippen LogP contribution in [0.25, 0.3) is 6.08 Å². The van der Waals surface area contributed by atoms with Gasteiger partial charge in [-0.1, -0.05) is 0 Å². The molecule has 2 aromatic carbocycles. The van der Waals surface area contributed by atoms with Gasteiger partial charge in [0.15, 0.2) is 17.2 Å². The summed E-state index contributed by atoms with van der Waals surface area (Å²) in [5, 5.41) is 0. The zero-order chi connectivity index (χ0) is 20.8. The van der Waals surface area contributed by atoms with Crippen LogP contribution in [-0.2, 0) is 9.53 Å². The Bertz CT molecular complexity index is 964. The third-order valence-electron chi connectivity index (χ3n) is 4.14. The maximum Gasteiger partial charge on any atom is 0.363 e. The molecule has 7 heteroatoms. The Morgan fingerprint density at radius 2 is 1.69 bits per heavy atom. The standard InChI is InChI=1S/C22H23NO6/c1-5-27-18-10-8-15(12-20(18)28-6-2)21-23-17(22(24)29-21)11-14-7-9-16(25-3)13-19(14)26-4/h7-13H,5-6H2,1-4H3/b17-11-. The van der Waals surface area contributed by atoms with Crippen LogP contribution in [-0.4, -0.2) is 39.3 Å². The van der Waals surface area contributed by atoms with E-state index >= 15 is 0 Å². The summed E-state index contributed by atoms with van der Waals surface area (Å²) in [6.45, 7) is 4.79. The molecule has 0 spiro atoms. The molecule has 0 fully saturated rings. The van der Waals surface area contributed by atoms with Gasteiger partial charge in [-0.3, -0.25) is 0 Å². The van der Waals surface area contributed by atoms with Crippen LogP contribution >= 0.6 is 0 Å². The Morgan fingerprint density at radius 1 is 0.931 bits per heavy atom. The van der Waals surface area contributed by atoms with Gasteiger partial charge in [-0.15, -0.1) is 0 Å². The van der Waals surface area contributed by atoms with Gasteiger partial charge >= 0.3 is 5.97 Å². The number of hydrogen-bond acceptors (Lipinski definition) is 7. The third-order valence-corrected chi connectivity index (χ3v) is 4.14. The highest BCUT2D eigenvalue weighted by Gasteiger charge is 2.25. The highest BCUT2D eigenvalue weighted by atomic mass is 16.6. The number of cyclic esters (lactones) is 1. The number of hydrogen-bond donors (Lipinski definition) is 0. The van der Waals surface area contributed by atoms with Crippen molar-refractivity contribution in [3.8, 4) is 23.0 Å². The molecule has 0 amide bonds. The zero-order valence-corrected chi connectivity index (χ0v) is 16.9. The van der Waals surface area contributed by atoms with Crippen LogP contribution in [0.1, 0.15) is 25.0 Å². The predicted molar refractivity (Wildman–Crippen MR) is 109 cm³/mol. The minimum atomic E-state index is -0.537. The van der Waals surface area contributed by atoms with E-state index in [0.29, 0.717) is 47.3 Å². The van der Waals surface area contributed by atoms with Gasteiger partial charge < -0.3 is 23.7 Å². The SMILES string of the molecule is CCOc1ccc(C2=N/C(=C\c3ccc(OC)cc3OC)C(=O)O2)cc1OCC. The fraction of sp³-hybridized carbons (Fsp3) is 0.273. The van der Waals surface area contributed by atoms with Crippen molar-refractivity contribution in [2.75, 3.05) is 27.4 Å². The second-order valence-electron chi connectivity index (χ2n) is 5.97. The summed E-state index contributed by atoms with van der Waals surface area (Å²) in [5.41, 5.74) is 1.48. The molecule has 0 saturated carbocycles. The van der Waals surface area contributed by atoms with Gasteiger partial charge in [-0.05, 0) is 50.3 Å². The van der Waals surface area contributed by atoms with E-state index < -0.39 is 5.97 Å². The molecule has 2 aromatic rings. The Morgan fingerprint density at radius 3 is 2.38 bits per heavy atom. The normalized spacial score (nSPS) is 14.4. The van der Waals surface area contributed by atoms with E-state index in [0.717, 1.165) is 0 Å². The van der Waals surface area contributed by atoms with Crippen molar-refractivity contribution in [1.29, 1.82) is 0 Å². The molecule has 0 aromatic heterocycles. The maximum atomic E-state index is 12.3. The first-order valence-electron chi connectivity index (χ1n) is 9.24. The number of carbonyl (C=O) groups excluding carboxylic acids is 1. The first kappa shape index (κ1) is 20.3. The van der Waals surface area contributed by atoms with Gasteiger partial charge in [-0.2, -0.15) is 0 Å². The van der Waals surface area contributed by atoms with Crippen molar-refractivity contribution in [3.05, 3.63) is 53.2 Å². The van der Waals surface area contributed by atoms with E-state index in [4.69, 9.17) is 23.7 Å². The Kier molecular flexibility index (Phi) is 6.39. The van der Waals surface area contributed by atoms with Gasteiger partial charge in [0, 0.05) is 17.2 Å². The molecule has 0 unspecified atom stereocenters. The number of rotatable bonds is 8. The molecule has 3 rings (SSSR count). The van der Waals surface area contributed by atoms with Gasteiger partial charge in [0.25, 0.3) is 0 Å². The smallest absolute Gasteiger partial charge is 0.363 e. The van der Waals surface area contributed by atoms with Gasteiger partial charge in [0.2, 0.25) is 5.90 Å². The molecule has 29 heavy (non-hydrogen) atoms. The number of esters is 1. The lowest BCUT2D eigenvalue weighted by Crippen LogP contribution is -2.06. The Hall–Kier alpha value is -3.48. The van der Waals surface area contributed by atoms with Crippen LogP contribution < -0.4 is 18.9 Å². The molecule has 0 atom stereocenters. The van der Waals surface area contributed by atoms with Crippen LogP contribution in [0.2, 0.25) is 0 Å². The number of carbonyl (C=O) groups is 1. The lowest BCUT2D eigenvalue weighted by molar-refractivity contribution is -0.129. The maximum absolute atomic E-state index is 12.3. The quantitative estimate of drug-likeness (QED) is 0.498. The molecule has 0 radical (unpaired) electrons. The molecule has 0 N–H and O–H groups in total. The second kappa shape index (κ2) is 9.14. The summed E-state index contributed by atoms with van der Waals surface area (Å²) in [6.07, 6.45) is 1.62. The molecule has 1 heterocycles. The number of aliphatic imine (C=N–C) groups is 1. The molecule has 0 saturated heterocycles. The van der Waals surface area contributed by atoms with Gasteiger partial charge in [0.1, 0.15) is 11.5 Å². The molecular formula is C22H23NO6. The summed E-state index contributed by atoms with van der Waals surface area (Å²) >= 11 is 0. The molecular weight excluding hydrogens is 374 g/mol. The third kappa shape index (κ3) is 4.51. The number of benzene rings is 2. The van der Waals surface area contributed by atoms with Crippen LogP contribution in [0.4, 0.5) is 0 Å². The van der Waals surface area contributed by atoms with E-state index in [9.17, 15) is 4.79 Å². The van der Waals surface area contributed by atoms with E-state index in [2.05, 4.69) is 4.99 Å². The number of methoxy groups -OCH3 is 2. The minimum absolute atomic E-state index is 0.176. The second-order valence-corrected chi connectivity index (χ2v) is 5.97. The van der Waals surface area contributed by atoms with Gasteiger partial charge in [0.05, 0.1) is 27.4 Å². The Labute approximate surface area is 169 Å². The number of nitrogens with zero attached hydrogens (tertiary/aromatic N) is 1. The zero-order valence-electron chi connectivity index (χ0n) is 16.9. The Balaban J connectivity index is 1.94. The molecule has 1 aliphatic heterocycles. The fourth-order valence-corrected chi connectivity index (χ4v) is 2.80. The fourth-order valence-electron chi connectivity index (χ4n) is 2.80. The monoisotopic (exact) mass is 397 g/mol. The summed E-state index contributed by atoms with van der Waals surface area (Å²) in [5.74, 6) is 2.08. The van der Waals surface area contributed by atoms with Crippen LogP contribution in [0.3, 0.4) is 0 Å². The highest BCUT2D eigenvalue weighted by molar-refractivity contribution is 6.13. The van der Waals surface area contributed by atoms with Crippen molar-refractivity contribution in [2.24, 2.45) is 4.99 Å². The van der Waals surface area contributed by atoms with Crippen molar-refractivity contribution in [1.82, 2.24) is 0 Å². The van der Waals surface area contributed by atoms with E-state index in [1.807, 2.05) is 13.8 Å². The summed E-state index contributed by atoms with van der Waals surface area (Å²) in [4.78, 5) is 16.7. The molecule has 7 nitrogen and oxygen atoms in total. The molecule has 0 aliphatic carbocycles. The highest BCUT2D eigenvalue weighted by Crippen LogP contribution is 2.31. The summed E-state index contributed by atoms with van der Waals surface area (Å²) < 4.78 is 27.1. The average Bonchev–Trinajstić information content (AvgIpc) is 3.10. The average molecular weight is 397 g/mol. The van der Waals surface area contributed by atoms with Crippen LogP contribution in [0.15, 0.2) is 47.1 Å². The van der Waals surface area contributed by atoms with E-state index in [-0.39, 0.29) is 11.6 Å². The first-order chi connectivity index (χ1) is 14.1. The van der Waals surface area contributed by atoms with Crippen molar-refractivity contribution >= 4 is 17.9 Å². The van der Waals surface area contributed by atoms with Gasteiger partial charge in [-0.25, -0.2) is 9.79 Å². The first-order valence-corrected chi connectivity index (χ1v) is 9.24. The summed E-state index contributed by atoms with van der Waals surface area (Å²) in [6, 6.07) is 10.6. The summed E-state index contributed by atoms with van der Waals surface area (Å²) in [7, 11) is 3.12. The molecule has 152 valence electrons. The number of ether oxygens (including phenoxy) is 5. The van der Waals surface area contributed by atoms with Crippen molar-refractivity contribution in [2.45, 2.75) is 13.8 Å². The van der Waals surface area contributed by atoms with E-state index in [1.165, 1.54) is 0 Å². The van der Waals surface area contributed by atoms with Crippen LogP contribution in [0, 0.1) is 0 Å². The lowest BCUT2D eigenvalue weighted by atomic mass is 10.1. The molecule has 1 aliphatic rings. The van der Waals surface area contributed by atoms with Crippen LogP contribution in [0.5, 0.6) is 23.0 Å².